The Morgan fingerprint density at radius 1 is 1.08 bits per heavy atom. The van der Waals surface area contributed by atoms with Crippen molar-refractivity contribution in [3.63, 3.8) is 0 Å². The maximum absolute atomic E-state index is 12.9. The minimum atomic E-state index is -3.56. The zero-order chi connectivity index (χ0) is 17.6. The summed E-state index contributed by atoms with van der Waals surface area (Å²) in [5.41, 5.74) is 1.10. The first-order valence-corrected chi connectivity index (χ1v) is 10.5. The van der Waals surface area contributed by atoms with Gasteiger partial charge in [0.05, 0.1) is 6.10 Å². The fourth-order valence-electron chi connectivity index (χ4n) is 3.99. The van der Waals surface area contributed by atoms with Crippen molar-refractivity contribution < 1.29 is 18.3 Å². The first kappa shape index (κ1) is 17.0. The Balaban J connectivity index is 1.43. The van der Waals surface area contributed by atoms with Crippen LogP contribution in [0.3, 0.4) is 0 Å². The van der Waals surface area contributed by atoms with Crippen molar-refractivity contribution in [2.75, 3.05) is 19.6 Å². The van der Waals surface area contributed by atoms with Crippen molar-refractivity contribution in [1.82, 2.24) is 9.21 Å². The summed E-state index contributed by atoms with van der Waals surface area (Å²) >= 11 is 0. The molecule has 1 aromatic carbocycles. The fraction of sp³-hybridized carbons (Fsp3) is 0.611. The van der Waals surface area contributed by atoms with E-state index in [4.69, 9.17) is 0 Å². The molecular formula is C18H24N2O4S. The molecular weight excluding hydrogens is 340 g/mol. The van der Waals surface area contributed by atoms with Crippen LogP contribution in [0.2, 0.25) is 0 Å². The molecule has 3 atom stereocenters. The first-order chi connectivity index (χ1) is 11.9. The van der Waals surface area contributed by atoms with Crippen molar-refractivity contribution >= 4 is 15.9 Å². The molecule has 2 aliphatic heterocycles. The Hall–Kier alpha value is -1.44. The number of likely N-dealkylation sites (tertiary alicyclic amines) is 1. The maximum Gasteiger partial charge on any atom is 0.224 e. The Kier molecular flexibility index (Phi) is 4.33. The molecule has 25 heavy (non-hydrogen) atoms. The molecule has 1 amide bonds. The predicted molar refractivity (Wildman–Crippen MR) is 93.3 cm³/mol. The van der Waals surface area contributed by atoms with Crippen LogP contribution < -0.4 is 0 Å². The number of carbonyl (C=O) groups excluding carboxylic acids is 1. The van der Waals surface area contributed by atoms with Gasteiger partial charge in [-0.25, -0.2) is 8.42 Å². The number of nitrogens with zero attached hydrogens (tertiary/aromatic N) is 2. The molecule has 0 bridgehead atoms. The van der Waals surface area contributed by atoms with E-state index in [0.717, 1.165) is 18.4 Å². The van der Waals surface area contributed by atoms with E-state index in [1.54, 1.807) is 4.90 Å². The van der Waals surface area contributed by atoms with Crippen molar-refractivity contribution in [3.8, 4) is 0 Å². The maximum atomic E-state index is 12.9. The minimum Gasteiger partial charge on any atom is -0.391 e. The molecule has 136 valence electrons. The van der Waals surface area contributed by atoms with Crippen LogP contribution >= 0.6 is 0 Å². The summed E-state index contributed by atoms with van der Waals surface area (Å²) in [7, 11) is -3.56. The standard InChI is InChI=1S/C18H24N2O4S/c21-17-12-19(10-14(17)8-13-4-2-1-3-5-13)25(23,24)16-9-18(22)20(11-16)15-6-7-15/h1-5,14-17,21H,6-12H2/t14-,16?,17-/m1/s1. The number of amides is 1. The SMILES string of the molecule is O=C1CC(S(=O)(=O)N2C[C@@H](Cc3ccccc3)[C@H](O)C2)CN1C1CC1. The lowest BCUT2D eigenvalue weighted by molar-refractivity contribution is -0.128. The van der Waals surface area contributed by atoms with E-state index < -0.39 is 21.4 Å². The van der Waals surface area contributed by atoms with Gasteiger partial charge in [0, 0.05) is 38.0 Å². The minimum absolute atomic E-state index is 0.0448. The van der Waals surface area contributed by atoms with Gasteiger partial charge in [-0.2, -0.15) is 4.31 Å². The third-order valence-corrected chi connectivity index (χ3v) is 7.78. The van der Waals surface area contributed by atoms with Gasteiger partial charge < -0.3 is 10.0 Å². The molecule has 0 spiro atoms. The molecule has 2 heterocycles. The fourth-order valence-corrected chi connectivity index (χ4v) is 5.87. The molecule has 1 unspecified atom stereocenters. The van der Waals surface area contributed by atoms with Gasteiger partial charge in [-0.15, -0.1) is 0 Å². The molecule has 1 N–H and O–H groups in total. The molecule has 7 heteroatoms. The molecule has 6 nitrogen and oxygen atoms in total. The highest BCUT2D eigenvalue weighted by Crippen LogP contribution is 2.34. The molecule has 2 saturated heterocycles. The zero-order valence-corrected chi connectivity index (χ0v) is 14.9. The smallest absolute Gasteiger partial charge is 0.224 e. The molecule has 4 rings (SSSR count). The van der Waals surface area contributed by atoms with Gasteiger partial charge in [-0.3, -0.25) is 4.79 Å². The number of carbonyl (C=O) groups is 1. The number of β-amino-alcohol motifs (C(OH)–C–C–N with tert-alkyl or cyclic N) is 1. The highest BCUT2D eigenvalue weighted by atomic mass is 32.2. The number of aliphatic hydroxyl groups excluding tert-OH is 1. The lowest BCUT2D eigenvalue weighted by atomic mass is 9.97. The van der Waals surface area contributed by atoms with E-state index in [9.17, 15) is 18.3 Å². The van der Waals surface area contributed by atoms with Gasteiger partial charge in [0.15, 0.2) is 0 Å². The number of sulfonamides is 1. The van der Waals surface area contributed by atoms with Gasteiger partial charge in [0.25, 0.3) is 0 Å². The predicted octanol–water partition coefficient (Wildman–Crippen LogP) is 0.615. The Labute approximate surface area is 148 Å². The van der Waals surface area contributed by atoms with Crippen LogP contribution in [0.1, 0.15) is 24.8 Å². The van der Waals surface area contributed by atoms with Crippen LogP contribution in [0.4, 0.5) is 0 Å². The van der Waals surface area contributed by atoms with Crippen LogP contribution in [0.15, 0.2) is 30.3 Å². The van der Waals surface area contributed by atoms with Crippen molar-refractivity contribution in [3.05, 3.63) is 35.9 Å². The molecule has 1 aliphatic carbocycles. The van der Waals surface area contributed by atoms with Crippen LogP contribution in [-0.2, 0) is 21.2 Å². The number of aliphatic hydroxyl groups is 1. The molecule has 3 fully saturated rings. The zero-order valence-electron chi connectivity index (χ0n) is 14.1. The highest BCUT2D eigenvalue weighted by molar-refractivity contribution is 7.89. The van der Waals surface area contributed by atoms with Gasteiger partial charge in [0.2, 0.25) is 15.9 Å². The molecule has 0 radical (unpaired) electrons. The second-order valence-corrected chi connectivity index (χ2v) is 9.70. The summed E-state index contributed by atoms with van der Waals surface area (Å²) in [4.78, 5) is 13.8. The third kappa shape index (κ3) is 3.32. The average molecular weight is 364 g/mol. The summed E-state index contributed by atoms with van der Waals surface area (Å²) < 4.78 is 27.3. The van der Waals surface area contributed by atoms with Crippen LogP contribution in [0.5, 0.6) is 0 Å². The third-order valence-electron chi connectivity index (χ3n) is 5.61. The summed E-state index contributed by atoms with van der Waals surface area (Å²) in [6.07, 6.45) is 2.05. The lowest BCUT2D eigenvalue weighted by Crippen LogP contribution is -2.39. The lowest BCUT2D eigenvalue weighted by Gasteiger charge is -2.21. The van der Waals surface area contributed by atoms with Crippen molar-refractivity contribution in [2.24, 2.45) is 5.92 Å². The van der Waals surface area contributed by atoms with Crippen LogP contribution in [0.25, 0.3) is 0 Å². The van der Waals surface area contributed by atoms with E-state index in [1.165, 1.54) is 4.31 Å². The molecule has 1 saturated carbocycles. The highest BCUT2D eigenvalue weighted by Gasteiger charge is 2.48. The van der Waals surface area contributed by atoms with Gasteiger partial charge in [-0.05, 0) is 24.8 Å². The topological polar surface area (TPSA) is 77.9 Å². The van der Waals surface area contributed by atoms with Crippen molar-refractivity contribution in [2.45, 2.75) is 43.1 Å². The summed E-state index contributed by atoms with van der Waals surface area (Å²) in [6.45, 7) is 0.766. The van der Waals surface area contributed by atoms with Crippen LogP contribution in [-0.4, -0.2) is 65.7 Å². The normalized spacial score (nSPS) is 31.0. The summed E-state index contributed by atoms with van der Waals surface area (Å²) in [5.74, 6) is -0.148. The molecule has 1 aromatic rings. The first-order valence-electron chi connectivity index (χ1n) is 8.95. The van der Waals surface area contributed by atoms with Gasteiger partial charge in [-0.1, -0.05) is 30.3 Å². The van der Waals surface area contributed by atoms with E-state index in [1.807, 2.05) is 30.3 Å². The van der Waals surface area contributed by atoms with E-state index >= 15 is 0 Å². The monoisotopic (exact) mass is 364 g/mol. The Bertz CT molecular complexity index is 748. The molecule has 0 aromatic heterocycles. The number of rotatable bonds is 5. The van der Waals surface area contributed by atoms with Gasteiger partial charge in [0.1, 0.15) is 5.25 Å². The Morgan fingerprint density at radius 3 is 2.48 bits per heavy atom. The number of hydrogen-bond donors (Lipinski definition) is 1. The average Bonchev–Trinajstić information content (AvgIpc) is 3.25. The second kappa shape index (κ2) is 6.37. The van der Waals surface area contributed by atoms with E-state index in [-0.39, 0.29) is 30.8 Å². The van der Waals surface area contributed by atoms with E-state index in [2.05, 4.69) is 0 Å². The quantitative estimate of drug-likeness (QED) is 0.831. The van der Waals surface area contributed by atoms with Crippen LogP contribution in [0, 0.1) is 5.92 Å². The van der Waals surface area contributed by atoms with Gasteiger partial charge >= 0.3 is 0 Å². The summed E-state index contributed by atoms with van der Waals surface area (Å²) in [6, 6.07) is 10.1. The molecule has 3 aliphatic rings. The van der Waals surface area contributed by atoms with E-state index in [0.29, 0.717) is 19.5 Å². The largest absolute Gasteiger partial charge is 0.391 e. The number of benzene rings is 1. The number of hydrogen-bond acceptors (Lipinski definition) is 4. The van der Waals surface area contributed by atoms with Crippen molar-refractivity contribution in [1.29, 1.82) is 0 Å². The Morgan fingerprint density at radius 2 is 1.80 bits per heavy atom. The summed E-state index contributed by atoms with van der Waals surface area (Å²) in [5, 5.41) is 9.68. The second-order valence-electron chi connectivity index (χ2n) is 7.48.